The molecule has 2 saturated heterocycles. The highest BCUT2D eigenvalue weighted by Gasteiger charge is 2.28. The highest BCUT2D eigenvalue weighted by molar-refractivity contribution is 5.66. The largest absolute Gasteiger partial charge is 0.481 e. The Bertz CT molecular complexity index is 233. The molecule has 0 aromatic rings. The third-order valence-electron chi connectivity index (χ3n) is 3.53. The first-order valence-electron chi connectivity index (χ1n) is 5.94. The maximum absolute atomic E-state index is 10.5. The average Bonchev–Trinajstić information content (AvgIpc) is 2.53. The molecule has 0 aromatic carbocycles. The minimum absolute atomic E-state index is 0.284. The van der Waals surface area contributed by atoms with Gasteiger partial charge in [-0.15, -0.1) is 0 Å². The molecule has 2 fully saturated rings. The number of carboxylic acid groups (broad SMARTS) is 1. The first kappa shape index (κ1) is 10.9. The molecule has 0 radical (unpaired) electrons. The van der Waals surface area contributed by atoms with Crippen LogP contribution in [0.3, 0.4) is 0 Å². The summed E-state index contributed by atoms with van der Waals surface area (Å²) in [6.07, 6.45) is 4.09. The van der Waals surface area contributed by atoms with Gasteiger partial charge in [0.05, 0.1) is 6.42 Å². The molecule has 0 amide bonds. The SMILES string of the molecule is O=C(O)CCN1CCCN2CCCC2C1. The van der Waals surface area contributed by atoms with Crippen molar-refractivity contribution in [3.8, 4) is 0 Å². The van der Waals surface area contributed by atoms with Crippen molar-refractivity contribution >= 4 is 5.97 Å². The van der Waals surface area contributed by atoms with E-state index >= 15 is 0 Å². The standard InChI is InChI=1S/C11H20N2O2/c14-11(15)4-8-12-5-2-7-13-6-1-3-10(13)9-12/h10H,1-9H2,(H,14,15). The van der Waals surface area contributed by atoms with Crippen LogP contribution in [-0.4, -0.2) is 59.6 Å². The maximum Gasteiger partial charge on any atom is 0.304 e. The zero-order chi connectivity index (χ0) is 10.7. The summed E-state index contributed by atoms with van der Waals surface area (Å²) in [5.74, 6) is -0.678. The van der Waals surface area contributed by atoms with Crippen molar-refractivity contribution in [3.05, 3.63) is 0 Å². The fourth-order valence-electron chi connectivity index (χ4n) is 2.74. The molecule has 15 heavy (non-hydrogen) atoms. The summed E-state index contributed by atoms with van der Waals surface area (Å²) in [5.41, 5.74) is 0. The highest BCUT2D eigenvalue weighted by atomic mass is 16.4. The summed E-state index contributed by atoms with van der Waals surface area (Å²) < 4.78 is 0. The molecule has 2 rings (SSSR count). The molecular weight excluding hydrogens is 192 g/mol. The predicted molar refractivity (Wildman–Crippen MR) is 57.9 cm³/mol. The lowest BCUT2D eigenvalue weighted by Crippen LogP contribution is -2.37. The molecule has 2 heterocycles. The van der Waals surface area contributed by atoms with Gasteiger partial charge < -0.3 is 10.0 Å². The Morgan fingerprint density at radius 3 is 2.87 bits per heavy atom. The highest BCUT2D eigenvalue weighted by Crippen LogP contribution is 2.21. The molecule has 0 aromatic heterocycles. The molecule has 2 aliphatic rings. The fraction of sp³-hybridized carbons (Fsp3) is 0.909. The van der Waals surface area contributed by atoms with Gasteiger partial charge in [0.2, 0.25) is 0 Å². The summed E-state index contributed by atoms with van der Waals surface area (Å²) in [5, 5.41) is 8.66. The van der Waals surface area contributed by atoms with Gasteiger partial charge in [-0.2, -0.15) is 0 Å². The van der Waals surface area contributed by atoms with Crippen LogP contribution in [0.5, 0.6) is 0 Å². The number of hydrogen-bond donors (Lipinski definition) is 1. The number of carboxylic acids is 1. The third-order valence-corrected chi connectivity index (χ3v) is 3.53. The maximum atomic E-state index is 10.5. The van der Waals surface area contributed by atoms with E-state index in [1.807, 2.05) is 0 Å². The molecule has 0 saturated carbocycles. The van der Waals surface area contributed by atoms with Crippen molar-refractivity contribution < 1.29 is 9.90 Å². The predicted octanol–water partition coefficient (Wildman–Crippen LogP) is 0.631. The van der Waals surface area contributed by atoms with Gasteiger partial charge in [0.15, 0.2) is 0 Å². The molecule has 1 N–H and O–H groups in total. The molecule has 4 heteroatoms. The van der Waals surface area contributed by atoms with E-state index in [1.165, 1.54) is 32.4 Å². The zero-order valence-electron chi connectivity index (χ0n) is 9.19. The second-order valence-electron chi connectivity index (χ2n) is 4.63. The molecule has 1 atom stereocenters. The summed E-state index contributed by atoms with van der Waals surface area (Å²) >= 11 is 0. The van der Waals surface area contributed by atoms with Gasteiger partial charge in [0.25, 0.3) is 0 Å². The van der Waals surface area contributed by atoms with E-state index in [-0.39, 0.29) is 6.42 Å². The number of nitrogens with zero attached hydrogens (tertiary/aromatic N) is 2. The van der Waals surface area contributed by atoms with Crippen LogP contribution >= 0.6 is 0 Å². The van der Waals surface area contributed by atoms with E-state index in [0.717, 1.165) is 19.6 Å². The van der Waals surface area contributed by atoms with Crippen molar-refractivity contribution in [1.29, 1.82) is 0 Å². The van der Waals surface area contributed by atoms with Crippen LogP contribution in [0.2, 0.25) is 0 Å². The van der Waals surface area contributed by atoms with Gasteiger partial charge in [-0.05, 0) is 38.9 Å². The number of rotatable bonds is 3. The number of aliphatic carboxylic acids is 1. The average molecular weight is 212 g/mol. The van der Waals surface area contributed by atoms with Gasteiger partial charge in [0.1, 0.15) is 0 Å². The first-order chi connectivity index (χ1) is 7.25. The topological polar surface area (TPSA) is 43.8 Å². The van der Waals surface area contributed by atoms with Crippen LogP contribution in [-0.2, 0) is 4.79 Å². The van der Waals surface area contributed by atoms with Gasteiger partial charge in [0, 0.05) is 19.1 Å². The van der Waals surface area contributed by atoms with Crippen molar-refractivity contribution in [2.45, 2.75) is 31.7 Å². The van der Waals surface area contributed by atoms with Crippen LogP contribution in [0.1, 0.15) is 25.7 Å². The number of hydrogen-bond acceptors (Lipinski definition) is 3. The van der Waals surface area contributed by atoms with Gasteiger partial charge in [-0.3, -0.25) is 9.69 Å². The van der Waals surface area contributed by atoms with Crippen LogP contribution < -0.4 is 0 Å². The third kappa shape index (κ3) is 2.92. The van der Waals surface area contributed by atoms with Gasteiger partial charge in [-0.1, -0.05) is 0 Å². The molecule has 2 aliphatic heterocycles. The number of carbonyl (C=O) groups is 1. The van der Waals surface area contributed by atoms with E-state index in [0.29, 0.717) is 6.04 Å². The van der Waals surface area contributed by atoms with Crippen molar-refractivity contribution in [3.63, 3.8) is 0 Å². The normalized spacial score (nSPS) is 28.7. The van der Waals surface area contributed by atoms with Crippen molar-refractivity contribution in [1.82, 2.24) is 9.80 Å². The number of fused-ring (bicyclic) bond motifs is 1. The van der Waals surface area contributed by atoms with E-state index in [4.69, 9.17) is 5.11 Å². The van der Waals surface area contributed by atoms with E-state index < -0.39 is 5.97 Å². The van der Waals surface area contributed by atoms with Crippen molar-refractivity contribution in [2.75, 3.05) is 32.7 Å². The smallest absolute Gasteiger partial charge is 0.304 e. The lowest BCUT2D eigenvalue weighted by molar-refractivity contribution is -0.137. The second-order valence-corrected chi connectivity index (χ2v) is 4.63. The van der Waals surface area contributed by atoms with E-state index in [9.17, 15) is 4.79 Å². The quantitative estimate of drug-likeness (QED) is 0.745. The van der Waals surface area contributed by atoms with Crippen LogP contribution in [0.15, 0.2) is 0 Å². The minimum atomic E-state index is -0.678. The summed E-state index contributed by atoms with van der Waals surface area (Å²) in [7, 11) is 0. The Morgan fingerprint density at radius 2 is 2.07 bits per heavy atom. The Morgan fingerprint density at radius 1 is 1.27 bits per heavy atom. The van der Waals surface area contributed by atoms with Gasteiger partial charge >= 0.3 is 5.97 Å². The Labute approximate surface area is 90.9 Å². The summed E-state index contributed by atoms with van der Waals surface area (Å²) in [6, 6.07) is 0.696. The monoisotopic (exact) mass is 212 g/mol. The fourth-order valence-corrected chi connectivity index (χ4v) is 2.74. The summed E-state index contributed by atoms with van der Waals surface area (Å²) in [6.45, 7) is 5.32. The second kappa shape index (κ2) is 4.94. The van der Waals surface area contributed by atoms with Crippen LogP contribution in [0.4, 0.5) is 0 Å². The molecule has 0 spiro atoms. The van der Waals surface area contributed by atoms with Crippen molar-refractivity contribution in [2.24, 2.45) is 0 Å². The lowest BCUT2D eigenvalue weighted by Gasteiger charge is -2.24. The molecule has 0 bridgehead atoms. The molecule has 0 aliphatic carbocycles. The zero-order valence-corrected chi connectivity index (χ0v) is 9.19. The lowest BCUT2D eigenvalue weighted by atomic mass is 10.2. The molecule has 86 valence electrons. The van der Waals surface area contributed by atoms with Crippen LogP contribution in [0, 0.1) is 0 Å². The Kier molecular flexibility index (Phi) is 3.59. The molecule has 1 unspecified atom stereocenters. The van der Waals surface area contributed by atoms with Gasteiger partial charge in [-0.25, -0.2) is 0 Å². The Balaban J connectivity index is 1.82. The Hall–Kier alpha value is -0.610. The first-order valence-corrected chi connectivity index (χ1v) is 5.94. The van der Waals surface area contributed by atoms with E-state index in [1.54, 1.807) is 0 Å². The van der Waals surface area contributed by atoms with Crippen LogP contribution in [0.25, 0.3) is 0 Å². The molecular formula is C11H20N2O2. The molecule has 4 nitrogen and oxygen atoms in total. The summed E-state index contributed by atoms with van der Waals surface area (Å²) in [4.78, 5) is 15.4. The van der Waals surface area contributed by atoms with E-state index in [2.05, 4.69) is 9.80 Å². The minimum Gasteiger partial charge on any atom is -0.481 e.